The molecule has 0 spiro atoms. The standard InChI is InChI=1S/C8H16O2/c1-9-6-7-10-8-4-2-3-5-8/h8H,2-7H2,1H3. The van der Waals surface area contributed by atoms with Crippen LogP contribution in [0.15, 0.2) is 0 Å². The summed E-state index contributed by atoms with van der Waals surface area (Å²) in [4.78, 5) is 0. The Balaban J connectivity index is 1.91. The minimum absolute atomic E-state index is 0.537. The highest BCUT2D eigenvalue weighted by atomic mass is 16.5. The van der Waals surface area contributed by atoms with E-state index in [9.17, 15) is 0 Å². The Morgan fingerprint density at radius 1 is 1.20 bits per heavy atom. The van der Waals surface area contributed by atoms with Crippen LogP contribution in [0, 0.1) is 0 Å². The first kappa shape index (κ1) is 8.02. The second-order valence-corrected chi connectivity index (χ2v) is 2.77. The van der Waals surface area contributed by atoms with Crippen molar-refractivity contribution in [1.82, 2.24) is 0 Å². The Hall–Kier alpha value is -0.0800. The average molecular weight is 144 g/mol. The molecule has 0 bridgehead atoms. The lowest BCUT2D eigenvalue weighted by Gasteiger charge is -2.09. The number of hydrogen-bond donors (Lipinski definition) is 0. The van der Waals surface area contributed by atoms with Gasteiger partial charge in [0.05, 0.1) is 19.3 Å². The van der Waals surface area contributed by atoms with Gasteiger partial charge in [-0.3, -0.25) is 0 Å². The molecule has 1 saturated carbocycles. The van der Waals surface area contributed by atoms with Gasteiger partial charge in [0.1, 0.15) is 0 Å². The predicted molar refractivity (Wildman–Crippen MR) is 40.1 cm³/mol. The average Bonchev–Trinajstić information content (AvgIpc) is 2.41. The summed E-state index contributed by atoms with van der Waals surface area (Å²) in [5, 5.41) is 0. The van der Waals surface area contributed by atoms with Crippen molar-refractivity contribution in [1.29, 1.82) is 0 Å². The molecule has 2 nitrogen and oxygen atoms in total. The van der Waals surface area contributed by atoms with Gasteiger partial charge in [0, 0.05) is 7.11 Å². The first-order valence-electron chi connectivity index (χ1n) is 4.04. The van der Waals surface area contributed by atoms with E-state index in [1.165, 1.54) is 25.7 Å². The van der Waals surface area contributed by atoms with E-state index in [4.69, 9.17) is 9.47 Å². The van der Waals surface area contributed by atoms with E-state index in [0.29, 0.717) is 6.10 Å². The molecule has 2 heteroatoms. The van der Waals surface area contributed by atoms with Crippen LogP contribution in [-0.2, 0) is 9.47 Å². The van der Waals surface area contributed by atoms with Crippen molar-refractivity contribution in [3.8, 4) is 0 Å². The largest absolute Gasteiger partial charge is 0.382 e. The number of hydrogen-bond acceptors (Lipinski definition) is 2. The van der Waals surface area contributed by atoms with Crippen molar-refractivity contribution in [2.75, 3.05) is 20.3 Å². The predicted octanol–water partition coefficient (Wildman–Crippen LogP) is 1.59. The molecule has 0 aliphatic heterocycles. The third-order valence-corrected chi connectivity index (χ3v) is 1.94. The van der Waals surface area contributed by atoms with Gasteiger partial charge in [0.15, 0.2) is 0 Å². The van der Waals surface area contributed by atoms with Gasteiger partial charge in [0.2, 0.25) is 0 Å². The summed E-state index contributed by atoms with van der Waals surface area (Å²) in [5.74, 6) is 0. The Morgan fingerprint density at radius 2 is 1.90 bits per heavy atom. The summed E-state index contributed by atoms with van der Waals surface area (Å²) < 4.78 is 10.4. The molecule has 1 fully saturated rings. The van der Waals surface area contributed by atoms with Gasteiger partial charge in [-0.25, -0.2) is 0 Å². The van der Waals surface area contributed by atoms with Crippen molar-refractivity contribution < 1.29 is 9.47 Å². The lowest BCUT2D eigenvalue weighted by Crippen LogP contribution is -2.11. The molecule has 0 atom stereocenters. The Bertz CT molecular complexity index is 77.3. The van der Waals surface area contributed by atoms with Crippen molar-refractivity contribution in [3.63, 3.8) is 0 Å². The van der Waals surface area contributed by atoms with E-state index in [-0.39, 0.29) is 0 Å². The quantitative estimate of drug-likeness (QED) is 0.558. The topological polar surface area (TPSA) is 18.5 Å². The van der Waals surface area contributed by atoms with E-state index in [0.717, 1.165) is 13.2 Å². The summed E-state index contributed by atoms with van der Waals surface area (Å²) in [7, 11) is 1.71. The van der Waals surface area contributed by atoms with E-state index < -0.39 is 0 Å². The monoisotopic (exact) mass is 144 g/mol. The Morgan fingerprint density at radius 3 is 2.50 bits per heavy atom. The van der Waals surface area contributed by atoms with E-state index in [1.54, 1.807) is 7.11 Å². The highest BCUT2D eigenvalue weighted by Crippen LogP contribution is 2.20. The molecule has 0 heterocycles. The molecule has 1 aliphatic rings. The molecule has 60 valence electrons. The van der Waals surface area contributed by atoms with Crippen LogP contribution in [0.1, 0.15) is 25.7 Å². The summed E-state index contributed by atoms with van der Waals surface area (Å²) in [6.07, 6.45) is 5.73. The molecule has 0 N–H and O–H groups in total. The van der Waals surface area contributed by atoms with Crippen molar-refractivity contribution in [2.45, 2.75) is 31.8 Å². The number of methoxy groups -OCH3 is 1. The summed E-state index contributed by atoms with van der Waals surface area (Å²) in [6, 6.07) is 0. The second kappa shape index (κ2) is 4.69. The minimum Gasteiger partial charge on any atom is -0.382 e. The third kappa shape index (κ3) is 2.67. The molecule has 1 rings (SSSR count). The molecule has 0 unspecified atom stereocenters. The zero-order valence-electron chi connectivity index (χ0n) is 6.64. The van der Waals surface area contributed by atoms with Gasteiger partial charge in [-0.2, -0.15) is 0 Å². The molecular formula is C8H16O2. The zero-order chi connectivity index (χ0) is 7.23. The maximum atomic E-state index is 5.52. The molecule has 0 aromatic carbocycles. The van der Waals surface area contributed by atoms with Crippen LogP contribution in [0.2, 0.25) is 0 Å². The normalized spacial score (nSPS) is 20.1. The van der Waals surface area contributed by atoms with Gasteiger partial charge in [-0.1, -0.05) is 12.8 Å². The molecule has 0 aromatic heterocycles. The Labute approximate surface area is 62.5 Å². The fraction of sp³-hybridized carbons (Fsp3) is 1.00. The van der Waals surface area contributed by atoms with Crippen LogP contribution < -0.4 is 0 Å². The summed E-state index contributed by atoms with van der Waals surface area (Å²) >= 11 is 0. The number of ether oxygens (including phenoxy) is 2. The van der Waals surface area contributed by atoms with Crippen LogP contribution in [-0.4, -0.2) is 26.4 Å². The molecule has 0 aromatic rings. The smallest absolute Gasteiger partial charge is 0.0704 e. The van der Waals surface area contributed by atoms with Crippen molar-refractivity contribution in [3.05, 3.63) is 0 Å². The van der Waals surface area contributed by atoms with E-state index in [2.05, 4.69) is 0 Å². The maximum absolute atomic E-state index is 5.52. The van der Waals surface area contributed by atoms with Crippen molar-refractivity contribution >= 4 is 0 Å². The summed E-state index contributed by atoms with van der Waals surface area (Å²) in [5.41, 5.74) is 0. The molecule has 0 radical (unpaired) electrons. The van der Waals surface area contributed by atoms with Crippen LogP contribution in [0.25, 0.3) is 0 Å². The van der Waals surface area contributed by atoms with Gasteiger partial charge >= 0.3 is 0 Å². The Kier molecular flexibility index (Phi) is 3.76. The van der Waals surface area contributed by atoms with Gasteiger partial charge in [-0.05, 0) is 12.8 Å². The number of rotatable bonds is 4. The second-order valence-electron chi connectivity index (χ2n) is 2.77. The first-order valence-corrected chi connectivity index (χ1v) is 4.04. The molecule has 1 aliphatic carbocycles. The van der Waals surface area contributed by atoms with Crippen molar-refractivity contribution in [2.24, 2.45) is 0 Å². The third-order valence-electron chi connectivity index (χ3n) is 1.94. The van der Waals surface area contributed by atoms with E-state index in [1.807, 2.05) is 0 Å². The first-order chi connectivity index (χ1) is 4.93. The van der Waals surface area contributed by atoms with Gasteiger partial charge in [0.25, 0.3) is 0 Å². The maximum Gasteiger partial charge on any atom is 0.0704 e. The van der Waals surface area contributed by atoms with Crippen LogP contribution in [0.3, 0.4) is 0 Å². The molecule has 0 saturated heterocycles. The molecule has 10 heavy (non-hydrogen) atoms. The lowest BCUT2D eigenvalue weighted by atomic mass is 10.3. The summed E-state index contributed by atoms with van der Waals surface area (Å²) in [6.45, 7) is 1.50. The fourth-order valence-electron chi connectivity index (χ4n) is 1.35. The van der Waals surface area contributed by atoms with Gasteiger partial charge < -0.3 is 9.47 Å². The molecular weight excluding hydrogens is 128 g/mol. The highest BCUT2D eigenvalue weighted by Gasteiger charge is 2.14. The molecule has 0 amide bonds. The van der Waals surface area contributed by atoms with E-state index >= 15 is 0 Å². The lowest BCUT2D eigenvalue weighted by molar-refractivity contribution is 0.0211. The fourth-order valence-corrected chi connectivity index (χ4v) is 1.35. The van der Waals surface area contributed by atoms with Crippen LogP contribution in [0.4, 0.5) is 0 Å². The van der Waals surface area contributed by atoms with Crippen LogP contribution >= 0.6 is 0 Å². The van der Waals surface area contributed by atoms with Crippen LogP contribution in [0.5, 0.6) is 0 Å². The van der Waals surface area contributed by atoms with Gasteiger partial charge in [-0.15, -0.1) is 0 Å². The SMILES string of the molecule is COCCOC1CCCC1. The minimum atomic E-state index is 0.537. The zero-order valence-corrected chi connectivity index (χ0v) is 6.64. The highest BCUT2D eigenvalue weighted by molar-refractivity contribution is 4.66.